The summed E-state index contributed by atoms with van der Waals surface area (Å²) in [5.41, 5.74) is 0. The number of rotatable bonds is 4. The van der Waals surface area contributed by atoms with Crippen molar-refractivity contribution >= 4 is 11.9 Å². The van der Waals surface area contributed by atoms with E-state index in [0.717, 1.165) is 0 Å². The molecular weight excluding hydrogens is 316 g/mol. The summed E-state index contributed by atoms with van der Waals surface area (Å²) in [5, 5.41) is 0. The van der Waals surface area contributed by atoms with Crippen molar-refractivity contribution in [2.45, 2.75) is 25.9 Å². The highest BCUT2D eigenvalue weighted by Crippen LogP contribution is 2.05. The Bertz CT molecular complexity index is 345. The van der Waals surface area contributed by atoms with E-state index < -0.39 is 0 Å². The fourth-order valence-electron chi connectivity index (χ4n) is 2.57. The zero-order valence-electron chi connectivity index (χ0n) is 15.2. The average Bonchev–Trinajstić information content (AvgIpc) is 2.59. The first-order chi connectivity index (χ1) is 11.5. The van der Waals surface area contributed by atoms with Crippen LogP contribution in [0.1, 0.15) is 13.8 Å². The van der Waals surface area contributed by atoms with Crippen molar-refractivity contribution < 1.29 is 28.5 Å². The minimum Gasteiger partial charge on any atom is -0.468 e. The van der Waals surface area contributed by atoms with Gasteiger partial charge in [0.05, 0.1) is 40.6 Å². The van der Waals surface area contributed by atoms with E-state index >= 15 is 0 Å². The van der Waals surface area contributed by atoms with Crippen LogP contribution < -0.4 is 0 Å². The van der Waals surface area contributed by atoms with Crippen molar-refractivity contribution in [3.05, 3.63) is 0 Å². The molecule has 24 heavy (non-hydrogen) atoms. The molecule has 0 N–H and O–H groups in total. The largest absolute Gasteiger partial charge is 0.468 e. The van der Waals surface area contributed by atoms with Gasteiger partial charge in [-0.2, -0.15) is 0 Å². The predicted octanol–water partition coefficient (Wildman–Crippen LogP) is -0.240. The Morgan fingerprint density at radius 2 is 1.04 bits per heavy atom. The molecule has 1 heterocycles. The summed E-state index contributed by atoms with van der Waals surface area (Å²) in [6, 6.07) is -0.665. The van der Waals surface area contributed by atoms with Gasteiger partial charge in [0.1, 0.15) is 12.1 Å². The molecule has 140 valence electrons. The quantitative estimate of drug-likeness (QED) is 0.646. The van der Waals surface area contributed by atoms with Gasteiger partial charge < -0.3 is 18.9 Å². The molecule has 0 aliphatic carbocycles. The van der Waals surface area contributed by atoms with Gasteiger partial charge in [-0.1, -0.05) is 0 Å². The minimum absolute atomic E-state index is 0.264. The highest BCUT2D eigenvalue weighted by atomic mass is 16.5. The van der Waals surface area contributed by atoms with E-state index in [-0.39, 0.29) is 24.0 Å². The molecule has 8 nitrogen and oxygen atoms in total. The van der Waals surface area contributed by atoms with Crippen LogP contribution in [0.15, 0.2) is 0 Å². The third-order valence-corrected chi connectivity index (χ3v) is 4.27. The number of hydrogen-bond acceptors (Lipinski definition) is 8. The summed E-state index contributed by atoms with van der Waals surface area (Å²) >= 11 is 0. The van der Waals surface area contributed by atoms with Gasteiger partial charge in [0, 0.05) is 26.2 Å². The lowest BCUT2D eigenvalue weighted by atomic mass is 10.2. The molecule has 0 radical (unpaired) electrons. The average molecular weight is 346 g/mol. The van der Waals surface area contributed by atoms with Crippen molar-refractivity contribution in [3.8, 4) is 0 Å². The second-order valence-corrected chi connectivity index (χ2v) is 5.69. The lowest BCUT2D eigenvalue weighted by Crippen LogP contribution is -2.46. The zero-order chi connectivity index (χ0) is 17.9. The van der Waals surface area contributed by atoms with Gasteiger partial charge in [0.25, 0.3) is 0 Å². The first-order valence-electron chi connectivity index (χ1n) is 8.30. The topological polar surface area (TPSA) is 77.5 Å². The number of ether oxygens (including phenoxy) is 4. The Hall–Kier alpha value is -1.22. The second-order valence-electron chi connectivity index (χ2n) is 5.69. The molecule has 1 saturated heterocycles. The van der Waals surface area contributed by atoms with Gasteiger partial charge in [-0.05, 0) is 13.8 Å². The van der Waals surface area contributed by atoms with Crippen LogP contribution in [0, 0.1) is 0 Å². The molecule has 1 rings (SSSR count). The van der Waals surface area contributed by atoms with Crippen LogP contribution >= 0.6 is 0 Å². The lowest BCUT2D eigenvalue weighted by Gasteiger charge is -2.30. The summed E-state index contributed by atoms with van der Waals surface area (Å²) < 4.78 is 20.9. The normalized spacial score (nSPS) is 21.8. The smallest absolute Gasteiger partial charge is 0.322 e. The molecule has 1 fully saturated rings. The maximum absolute atomic E-state index is 11.7. The highest BCUT2D eigenvalue weighted by Gasteiger charge is 2.24. The molecule has 0 aromatic rings. The number of carbonyl (C=O) groups is 2. The van der Waals surface area contributed by atoms with Gasteiger partial charge in [0.15, 0.2) is 0 Å². The Kier molecular flexibility index (Phi) is 9.85. The lowest BCUT2D eigenvalue weighted by molar-refractivity contribution is -0.147. The standard InChI is InChI=1S/C16H30N2O6/c1-13(15(19)21-3)17-5-9-23-11-7-18(8-12-24-10-6-17)14(2)16(20)22-4/h13-14H,5-12H2,1-4H3/t13-,14-/m1/s1. The van der Waals surface area contributed by atoms with Crippen LogP contribution in [0.3, 0.4) is 0 Å². The van der Waals surface area contributed by atoms with Crippen molar-refractivity contribution in [1.29, 1.82) is 0 Å². The number of nitrogens with zero attached hydrogens (tertiary/aromatic N) is 2. The van der Waals surface area contributed by atoms with E-state index in [1.54, 1.807) is 0 Å². The Labute approximate surface area is 144 Å². The van der Waals surface area contributed by atoms with E-state index in [9.17, 15) is 9.59 Å². The molecule has 8 heteroatoms. The summed E-state index contributed by atoms with van der Waals surface area (Å²) in [4.78, 5) is 27.4. The van der Waals surface area contributed by atoms with Crippen LogP contribution in [-0.4, -0.2) is 101 Å². The molecule has 1 aliphatic rings. The fourth-order valence-corrected chi connectivity index (χ4v) is 2.57. The Morgan fingerprint density at radius 3 is 1.29 bits per heavy atom. The Balaban J connectivity index is 2.55. The second kappa shape index (κ2) is 11.4. The molecule has 0 unspecified atom stereocenters. The van der Waals surface area contributed by atoms with Gasteiger partial charge in [0.2, 0.25) is 0 Å². The van der Waals surface area contributed by atoms with Gasteiger partial charge in [-0.3, -0.25) is 19.4 Å². The third kappa shape index (κ3) is 6.72. The van der Waals surface area contributed by atoms with Crippen molar-refractivity contribution in [2.24, 2.45) is 0 Å². The highest BCUT2D eigenvalue weighted by molar-refractivity contribution is 5.75. The predicted molar refractivity (Wildman–Crippen MR) is 87.7 cm³/mol. The van der Waals surface area contributed by atoms with E-state index in [4.69, 9.17) is 18.9 Å². The van der Waals surface area contributed by atoms with Crippen molar-refractivity contribution in [1.82, 2.24) is 9.80 Å². The summed E-state index contributed by atoms with van der Waals surface area (Å²) in [7, 11) is 2.78. The summed E-state index contributed by atoms with van der Waals surface area (Å²) in [5.74, 6) is -0.527. The molecule has 0 aromatic carbocycles. The summed E-state index contributed by atoms with van der Waals surface area (Å²) in [6.07, 6.45) is 0. The molecule has 2 atom stereocenters. The van der Waals surface area contributed by atoms with Gasteiger partial charge in [-0.25, -0.2) is 0 Å². The molecule has 0 saturated carbocycles. The summed E-state index contributed by atoms with van der Waals surface area (Å²) in [6.45, 7) is 8.11. The molecule has 0 amide bonds. The fraction of sp³-hybridized carbons (Fsp3) is 0.875. The third-order valence-electron chi connectivity index (χ3n) is 4.27. The first-order valence-corrected chi connectivity index (χ1v) is 8.30. The van der Waals surface area contributed by atoms with Crippen LogP contribution in [0.5, 0.6) is 0 Å². The minimum atomic E-state index is -0.332. The van der Waals surface area contributed by atoms with Crippen molar-refractivity contribution in [2.75, 3.05) is 66.8 Å². The number of hydrogen-bond donors (Lipinski definition) is 0. The maximum atomic E-state index is 11.7. The maximum Gasteiger partial charge on any atom is 0.322 e. The number of esters is 2. The SMILES string of the molecule is COC(=O)[C@@H](C)N1CCOCCN([C@H](C)C(=O)OC)CCOCC1. The number of carbonyl (C=O) groups excluding carboxylic acids is 2. The van der Waals surface area contributed by atoms with Gasteiger partial charge >= 0.3 is 11.9 Å². The Morgan fingerprint density at radius 1 is 0.750 bits per heavy atom. The first kappa shape index (κ1) is 20.8. The molecular formula is C16H30N2O6. The van der Waals surface area contributed by atoms with Crippen LogP contribution in [0.2, 0.25) is 0 Å². The van der Waals surface area contributed by atoms with Crippen LogP contribution in [0.4, 0.5) is 0 Å². The zero-order valence-corrected chi connectivity index (χ0v) is 15.2. The molecule has 0 bridgehead atoms. The number of methoxy groups -OCH3 is 2. The monoisotopic (exact) mass is 346 g/mol. The molecule has 1 aliphatic heterocycles. The van der Waals surface area contributed by atoms with E-state index in [0.29, 0.717) is 52.6 Å². The van der Waals surface area contributed by atoms with Crippen LogP contribution in [0.25, 0.3) is 0 Å². The van der Waals surface area contributed by atoms with E-state index in [1.165, 1.54) is 14.2 Å². The van der Waals surface area contributed by atoms with Crippen molar-refractivity contribution in [3.63, 3.8) is 0 Å². The van der Waals surface area contributed by atoms with Crippen LogP contribution in [-0.2, 0) is 28.5 Å². The van der Waals surface area contributed by atoms with E-state index in [2.05, 4.69) is 0 Å². The molecule has 0 spiro atoms. The molecule has 0 aromatic heterocycles. The van der Waals surface area contributed by atoms with Gasteiger partial charge in [-0.15, -0.1) is 0 Å². The van der Waals surface area contributed by atoms with E-state index in [1.807, 2.05) is 23.6 Å².